The summed E-state index contributed by atoms with van der Waals surface area (Å²) in [6.07, 6.45) is 0.918. The van der Waals surface area contributed by atoms with E-state index in [0.29, 0.717) is 0 Å². The maximum atomic E-state index is 5.28. The van der Waals surface area contributed by atoms with Gasteiger partial charge in [0.25, 0.3) is 0 Å². The predicted octanol–water partition coefficient (Wildman–Crippen LogP) is 5.03. The molecule has 0 spiro atoms. The molecule has 0 aromatic heterocycles. The average Bonchev–Trinajstić information content (AvgIpc) is 2.48. The van der Waals surface area contributed by atoms with Crippen molar-refractivity contribution in [3.05, 3.63) is 62.0 Å². The van der Waals surface area contributed by atoms with Crippen LogP contribution in [0.25, 0.3) is 0 Å². The van der Waals surface area contributed by atoms with Gasteiger partial charge in [0.1, 0.15) is 5.75 Å². The van der Waals surface area contributed by atoms with E-state index < -0.39 is 0 Å². The molecular formula is C17H19Br2NO. The molecule has 1 unspecified atom stereocenters. The summed E-state index contributed by atoms with van der Waals surface area (Å²) >= 11 is 7.25. The van der Waals surface area contributed by atoms with Crippen LogP contribution in [-0.2, 0) is 6.42 Å². The molecule has 0 saturated carbocycles. The molecule has 0 fully saturated rings. The van der Waals surface area contributed by atoms with Crippen molar-refractivity contribution in [1.29, 1.82) is 0 Å². The minimum atomic E-state index is 0.263. The van der Waals surface area contributed by atoms with E-state index in [1.807, 2.05) is 13.1 Å². The summed E-state index contributed by atoms with van der Waals surface area (Å²) in [7, 11) is 3.68. The Balaban J connectivity index is 2.27. The third kappa shape index (κ3) is 3.87. The summed E-state index contributed by atoms with van der Waals surface area (Å²) in [6.45, 7) is 2.12. The summed E-state index contributed by atoms with van der Waals surface area (Å²) in [5.41, 5.74) is 3.79. The molecule has 0 bridgehead atoms. The van der Waals surface area contributed by atoms with Gasteiger partial charge in [0.2, 0.25) is 0 Å². The number of ether oxygens (including phenoxy) is 1. The predicted molar refractivity (Wildman–Crippen MR) is 95.1 cm³/mol. The molecule has 0 amide bonds. The topological polar surface area (TPSA) is 21.3 Å². The molecule has 112 valence electrons. The lowest BCUT2D eigenvalue weighted by Crippen LogP contribution is -2.19. The number of benzene rings is 2. The minimum Gasteiger partial charge on any atom is -0.496 e. The van der Waals surface area contributed by atoms with E-state index in [1.54, 1.807) is 7.11 Å². The molecule has 0 aliphatic heterocycles. The van der Waals surface area contributed by atoms with Gasteiger partial charge >= 0.3 is 0 Å². The first kappa shape index (κ1) is 16.5. The first-order valence-corrected chi connectivity index (χ1v) is 8.40. The van der Waals surface area contributed by atoms with Crippen LogP contribution < -0.4 is 10.1 Å². The van der Waals surface area contributed by atoms with E-state index in [0.717, 1.165) is 16.6 Å². The Bertz CT molecular complexity index is 628. The number of hydrogen-bond acceptors (Lipinski definition) is 2. The lowest BCUT2D eigenvalue weighted by molar-refractivity contribution is 0.412. The van der Waals surface area contributed by atoms with E-state index in [2.05, 4.69) is 74.4 Å². The van der Waals surface area contributed by atoms with Crippen molar-refractivity contribution in [3.8, 4) is 5.75 Å². The van der Waals surface area contributed by atoms with E-state index in [4.69, 9.17) is 4.74 Å². The van der Waals surface area contributed by atoms with Crippen molar-refractivity contribution in [2.75, 3.05) is 14.2 Å². The molecule has 1 N–H and O–H groups in total. The number of rotatable bonds is 5. The van der Waals surface area contributed by atoms with Crippen molar-refractivity contribution in [3.63, 3.8) is 0 Å². The van der Waals surface area contributed by atoms with Crippen LogP contribution in [0.2, 0.25) is 0 Å². The normalized spacial score (nSPS) is 12.2. The van der Waals surface area contributed by atoms with E-state index in [-0.39, 0.29) is 6.04 Å². The fourth-order valence-electron chi connectivity index (χ4n) is 2.38. The van der Waals surface area contributed by atoms with Crippen LogP contribution in [0.1, 0.15) is 22.7 Å². The van der Waals surface area contributed by atoms with Gasteiger partial charge in [-0.1, -0.05) is 40.2 Å². The zero-order valence-electron chi connectivity index (χ0n) is 12.4. The molecule has 2 rings (SSSR count). The Morgan fingerprint density at radius 1 is 1.19 bits per heavy atom. The van der Waals surface area contributed by atoms with Crippen molar-refractivity contribution in [2.45, 2.75) is 19.4 Å². The van der Waals surface area contributed by atoms with E-state index >= 15 is 0 Å². The Kier molecular flexibility index (Phi) is 5.85. The first-order chi connectivity index (χ1) is 10.1. The quantitative estimate of drug-likeness (QED) is 0.743. The Morgan fingerprint density at radius 3 is 2.57 bits per heavy atom. The summed E-state index contributed by atoms with van der Waals surface area (Å²) in [4.78, 5) is 0. The highest BCUT2D eigenvalue weighted by Crippen LogP contribution is 2.31. The number of likely N-dealkylation sites (N-methyl/N-ethyl adjacent to an activating group) is 1. The van der Waals surface area contributed by atoms with Crippen LogP contribution in [0, 0.1) is 6.92 Å². The fourth-order valence-corrected chi connectivity index (χ4v) is 3.51. The van der Waals surface area contributed by atoms with Crippen LogP contribution in [-0.4, -0.2) is 14.2 Å². The highest BCUT2D eigenvalue weighted by molar-refractivity contribution is 9.10. The fraction of sp³-hybridized carbons (Fsp3) is 0.294. The van der Waals surface area contributed by atoms with Gasteiger partial charge in [-0.25, -0.2) is 0 Å². The molecule has 0 radical (unpaired) electrons. The second-order valence-corrected chi connectivity index (χ2v) is 6.64. The summed E-state index contributed by atoms with van der Waals surface area (Å²) in [5, 5.41) is 3.41. The van der Waals surface area contributed by atoms with Crippen LogP contribution in [0.3, 0.4) is 0 Å². The molecule has 2 nitrogen and oxygen atoms in total. The number of hydrogen-bond donors (Lipinski definition) is 1. The first-order valence-electron chi connectivity index (χ1n) is 6.81. The standard InChI is InChI=1S/C17H19Br2NO/c1-11-5-4-6-13(17(11)19)15(20-2)10-12-7-8-16(21-3)14(18)9-12/h4-9,15,20H,10H2,1-3H3. The van der Waals surface area contributed by atoms with Gasteiger partial charge in [0, 0.05) is 10.5 Å². The second-order valence-electron chi connectivity index (χ2n) is 4.99. The van der Waals surface area contributed by atoms with Crippen LogP contribution in [0.4, 0.5) is 0 Å². The molecule has 1 atom stereocenters. The van der Waals surface area contributed by atoms with Crippen molar-refractivity contribution >= 4 is 31.9 Å². The van der Waals surface area contributed by atoms with Crippen molar-refractivity contribution in [2.24, 2.45) is 0 Å². The molecule has 2 aromatic rings. The van der Waals surface area contributed by atoms with Crippen LogP contribution in [0.5, 0.6) is 5.75 Å². The molecule has 4 heteroatoms. The molecule has 2 aromatic carbocycles. The Hall–Kier alpha value is -0.840. The lowest BCUT2D eigenvalue weighted by Gasteiger charge is -2.20. The number of halogens is 2. The minimum absolute atomic E-state index is 0.263. The van der Waals surface area contributed by atoms with Gasteiger partial charge < -0.3 is 10.1 Å². The highest BCUT2D eigenvalue weighted by Gasteiger charge is 2.15. The number of aryl methyl sites for hydroxylation is 1. The van der Waals surface area contributed by atoms with Gasteiger partial charge in [-0.05, 0) is 65.1 Å². The van der Waals surface area contributed by atoms with Crippen LogP contribution >= 0.6 is 31.9 Å². The summed E-state index contributed by atoms with van der Waals surface area (Å²) in [5.74, 6) is 0.858. The largest absolute Gasteiger partial charge is 0.496 e. The van der Waals surface area contributed by atoms with Crippen molar-refractivity contribution in [1.82, 2.24) is 5.32 Å². The van der Waals surface area contributed by atoms with Crippen LogP contribution in [0.15, 0.2) is 45.3 Å². The molecule has 21 heavy (non-hydrogen) atoms. The molecule has 0 saturated heterocycles. The smallest absolute Gasteiger partial charge is 0.133 e. The van der Waals surface area contributed by atoms with Crippen molar-refractivity contribution < 1.29 is 4.74 Å². The van der Waals surface area contributed by atoms with E-state index in [9.17, 15) is 0 Å². The zero-order valence-corrected chi connectivity index (χ0v) is 15.6. The molecule has 0 heterocycles. The average molecular weight is 413 g/mol. The Labute approximate surface area is 143 Å². The maximum Gasteiger partial charge on any atom is 0.133 e. The van der Waals surface area contributed by atoms with Gasteiger partial charge in [-0.3, -0.25) is 0 Å². The zero-order chi connectivity index (χ0) is 15.4. The molecule has 0 aliphatic rings. The number of nitrogens with one attached hydrogen (secondary N) is 1. The summed E-state index contributed by atoms with van der Waals surface area (Å²) < 4.78 is 7.45. The lowest BCUT2D eigenvalue weighted by atomic mass is 9.97. The van der Waals surface area contributed by atoms with Gasteiger partial charge in [0.15, 0.2) is 0 Å². The third-order valence-electron chi connectivity index (χ3n) is 3.60. The maximum absolute atomic E-state index is 5.28. The van der Waals surface area contributed by atoms with E-state index in [1.165, 1.54) is 21.2 Å². The SMILES string of the molecule is CNC(Cc1ccc(OC)c(Br)c1)c1cccc(C)c1Br. The Morgan fingerprint density at radius 2 is 1.95 bits per heavy atom. The van der Waals surface area contributed by atoms with Gasteiger partial charge in [-0.2, -0.15) is 0 Å². The van der Waals surface area contributed by atoms with Gasteiger partial charge in [-0.15, -0.1) is 0 Å². The number of methoxy groups -OCH3 is 1. The third-order valence-corrected chi connectivity index (χ3v) is 5.30. The van der Waals surface area contributed by atoms with Gasteiger partial charge in [0.05, 0.1) is 11.6 Å². The molecule has 0 aliphatic carbocycles. The monoisotopic (exact) mass is 411 g/mol. The highest BCUT2D eigenvalue weighted by atomic mass is 79.9. The summed E-state index contributed by atoms with van der Waals surface area (Å²) in [6, 6.07) is 12.9. The molecular weight excluding hydrogens is 394 g/mol. The second kappa shape index (κ2) is 7.43.